The van der Waals surface area contributed by atoms with Crippen LogP contribution in [0.4, 0.5) is 0 Å². The van der Waals surface area contributed by atoms with E-state index in [0.717, 1.165) is 6.26 Å². The minimum atomic E-state index is -3.34. The van der Waals surface area contributed by atoms with Crippen molar-refractivity contribution in [1.82, 2.24) is 10.3 Å². The molecule has 3 N–H and O–H groups in total. The highest BCUT2D eigenvalue weighted by Crippen LogP contribution is 2.28. The van der Waals surface area contributed by atoms with Gasteiger partial charge in [-0.3, -0.25) is 9.80 Å². The fraction of sp³-hybridized carbons (Fsp3) is 0.261. The second-order valence-corrected chi connectivity index (χ2v) is 11.0. The lowest BCUT2D eigenvalue weighted by atomic mass is 10.2. The number of rotatable bonds is 13. The molecule has 0 radical (unpaired) electrons. The molecule has 0 fully saturated rings. The number of carbonyl (C=O) groups excluding carboxylic acids is 1. The molecule has 0 heterocycles. The van der Waals surface area contributed by atoms with Gasteiger partial charge in [-0.25, -0.2) is 14.3 Å². The lowest BCUT2D eigenvalue weighted by Crippen LogP contribution is -2.25. The maximum absolute atomic E-state index is 12.8. The number of hydrogen-bond donors (Lipinski definition) is 2. The summed E-state index contributed by atoms with van der Waals surface area (Å²) in [5.74, 6) is 6.28. The minimum absolute atomic E-state index is 0.162. The number of hydrazine groups is 1. The number of allylic oxidation sites excluding steroid dienone is 1. The molecule has 35 heavy (non-hydrogen) atoms. The van der Waals surface area contributed by atoms with Crippen LogP contribution in [0.15, 0.2) is 71.9 Å². The largest absolute Gasteiger partial charge is 0.491 e. The van der Waals surface area contributed by atoms with Crippen molar-refractivity contribution in [2.75, 3.05) is 39.5 Å². The number of nitrogens with one attached hydrogen (secondary N) is 1. The zero-order valence-corrected chi connectivity index (χ0v) is 21.5. The molecule has 0 aromatic heterocycles. The van der Waals surface area contributed by atoms with E-state index >= 15 is 0 Å². The number of nitrogens with zero attached hydrogens (tertiary/aromatic N) is 1. The van der Waals surface area contributed by atoms with E-state index in [-0.39, 0.29) is 29.0 Å². The van der Waals surface area contributed by atoms with Crippen LogP contribution in [0.1, 0.15) is 10.4 Å². The Morgan fingerprint density at radius 3 is 2.40 bits per heavy atom. The average molecular weight is 523 g/mol. The summed E-state index contributed by atoms with van der Waals surface area (Å²) in [5, 5.41) is 3.87. The summed E-state index contributed by atoms with van der Waals surface area (Å²) in [4.78, 5) is 13.0. The molecule has 0 saturated heterocycles. The van der Waals surface area contributed by atoms with Gasteiger partial charge >= 0.3 is 7.80 Å². The van der Waals surface area contributed by atoms with Crippen LogP contribution in [0.5, 0.6) is 17.2 Å². The first-order chi connectivity index (χ1) is 16.5. The van der Waals surface area contributed by atoms with Gasteiger partial charge in [0, 0.05) is 36.9 Å². The zero-order chi connectivity index (χ0) is 26.0. The van der Waals surface area contributed by atoms with Crippen LogP contribution in [-0.4, -0.2) is 58.9 Å². The molecule has 12 heteroatoms. The smallest absolute Gasteiger partial charge is 0.358 e. The normalized spacial score (nSPS) is 11.7. The maximum atomic E-state index is 12.8. The van der Waals surface area contributed by atoms with Gasteiger partial charge in [0.2, 0.25) is 6.29 Å². The van der Waals surface area contributed by atoms with Crippen LogP contribution in [0.2, 0.25) is 0 Å². The number of carbonyl (C=O) groups is 1. The van der Waals surface area contributed by atoms with E-state index in [0.29, 0.717) is 23.9 Å². The van der Waals surface area contributed by atoms with Gasteiger partial charge in [-0.1, -0.05) is 11.1 Å². The molecule has 0 bridgehead atoms. The summed E-state index contributed by atoms with van der Waals surface area (Å²) in [5.41, 5.74) is 0.500. The van der Waals surface area contributed by atoms with Gasteiger partial charge in [-0.2, -0.15) is 0 Å². The van der Waals surface area contributed by atoms with Gasteiger partial charge in [0.05, 0.1) is 11.5 Å². The molecule has 1 amide bonds. The highest BCUT2D eigenvalue weighted by Gasteiger charge is 2.13. The molecule has 1 atom stereocenters. The number of sulfone groups is 1. The van der Waals surface area contributed by atoms with E-state index in [9.17, 15) is 17.8 Å². The van der Waals surface area contributed by atoms with E-state index < -0.39 is 23.5 Å². The first-order valence-corrected chi connectivity index (χ1v) is 14.1. The van der Waals surface area contributed by atoms with E-state index in [1.165, 1.54) is 47.6 Å². The number of methoxy groups -OCH3 is 1. The van der Waals surface area contributed by atoms with Crippen LogP contribution in [0, 0.1) is 0 Å². The third-order valence-corrected chi connectivity index (χ3v) is 6.14. The van der Waals surface area contributed by atoms with E-state index in [2.05, 4.69) is 11.9 Å². The molecule has 2 aromatic carbocycles. The fourth-order valence-electron chi connectivity index (χ4n) is 2.70. The Bertz CT molecular complexity index is 1200. The zero-order valence-electron chi connectivity index (χ0n) is 19.8. The number of benzene rings is 2. The summed E-state index contributed by atoms with van der Waals surface area (Å²) in [6, 6.07) is 10.6. The molecular weight excluding hydrogens is 493 g/mol. The molecule has 0 aliphatic heterocycles. The first kappa shape index (κ1) is 28.0. The minimum Gasteiger partial charge on any atom is -0.491 e. The molecule has 10 nitrogen and oxygen atoms in total. The molecule has 0 spiro atoms. The second kappa shape index (κ2) is 13.0. The number of ether oxygens (including phenoxy) is 3. The van der Waals surface area contributed by atoms with E-state index in [4.69, 9.17) is 20.1 Å². The first-order valence-electron chi connectivity index (χ1n) is 10.3. The Kier molecular flexibility index (Phi) is 10.4. The lowest BCUT2D eigenvalue weighted by molar-refractivity contribution is 0.0966. The summed E-state index contributed by atoms with van der Waals surface area (Å²) < 4.78 is 51.1. The van der Waals surface area contributed by atoms with Crippen LogP contribution in [0.3, 0.4) is 0 Å². The van der Waals surface area contributed by atoms with Crippen molar-refractivity contribution < 1.29 is 32.0 Å². The molecule has 0 aliphatic carbocycles. The Hall–Kier alpha value is -3.24. The summed E-state index contributed by atoms with van der Waals surface area (Å²) in [6.07, 6.45) is 4.22. The topological polar surface area (TPSA) is 137 Å². The fourth-order valence-corrected chi connectivity index (χ4v) is 3.89. The molecule has 2 rings (SSSR count). The Labute approximate surface area is 206 Å². The number of nitrogens with two attached hydrogens (primary N) is 1. The van der Waals surface area contributed by atoms with Crippen molar-refractivity contribution in [2.24, 2.45) is 5.84 Å². The monoisotopic (exact) mass is 522 g/mol. The highest BCUT2D eigenvalue weighted by atomic mass is 32.2. The van der Waals surface area contributed by atoms with Crippen LogP contribution in [0.25, 0.3) is 0 Å². The molecule has 0 aliphatic rings. The summed E-state index contributed by atoms with van der Waals surface area (Å²) in [7, 11) is -3.24. The molecule has 2 aromatic rings. The predicted molar refractivity (Wildman–Crippen MR) is 134 cm³/mol. The predicted octanol–water partition coefficient (Wildman–Crippen LogP) is 3.26. The summed E-state index contributed by atoms with van der Waals surface area (Å²) >= 11 is 0. The van der Waals surface area contributed by atoms with Gasteiger partial charge in [0.15, 0.2) is 9.84 Å². The Morgan fingerprint density at radius 2 is 1.80 bits per heavy atom. The van der Waals surface area contributed by atoms with Crippen molar-refractivity contribution in [1.29, 1.82) is 0 Å². The standard InChI is InChI=1S/C23H28N3O7PS/c1-17(9-10-26(24)16-34(3)28)25-23(27)18-13-20(32-12-11-31-2)15-21(14-18)33-19-5-7-22(8-6-19)35(4,29)30/h5-10,13-15H,1,11-12,16,24H2,2-4H3/p+1/b10-9-. The molecule has 188 valence electrons. The SMILES string of the molecule is C=C(/C=C\N(N)C[P+](C)=O)NC(=O)c1cc(OCCOC)cc(Oc2ccc(S(C)(=O)=O)cc2)c1. The Morgan fingerprint density at radius 1 is 1.14 bits per heavy atom. The second-order valence-electron chi connectivity index (χ2n) is 7.46. The van der Waals surface area contributed by atoms with Gasteiger partial charge in [0.1, 0.15) is 30.5 Å². The summed E-state index contributed by atoms with van der Waals surface area (Å²) in [6.45, 7) is 5.93. The van der Waals surface area contributed by atoms with E-state index in [1.807, 2.05) is 0 Å². The number of amides is 1. The maximum Gasteiger partial charge on any atom is 0.358 e. The quantitative estimate of drug-likeness (QED) is 0.133. The van der Waals surface area contributed by atoms with Crippen LogP contribution < -0.4 is 20.6 Å². The van der Waals surface area contributed by atoms with E-state index in [1.54, 1.807) is 25.9 Å². The van der Waals surface area contributed by atoms with Gasteiger partial charge in [0.25, 0.3) is 5.91 Å². The van der Waals surface area contributed by atoms with Gasteiger partial charge in [-0.15, -0.1) is 0 Å². The third-order valence-electron chi connectivity index (χ3n) is 4.29. The molecule has 1 unspecified atom stereocenters. The van der Waals surface area contributed by atoms with Crippen molar-refractivity contribution >= 4 is 23.5 Å². The van der Waals surface area contributed by atoms with Crippen LogP contribution in [-0.2, 0) is 19.1 Å². The van der Waals surface area contributed by atoms with Crippen molar-refractivity contribution in [3.8, 4) is 17.2 Å². The third kappa shape index (κ3) is 9.87. The van der Waals surface area contributed by atoms with Gasteiger partial charge < -0.3 is 19.5 Å². The Balaban J connectivity index is 2.21. The molecular formula is C23H29N3O7PS+. The van der Waals surface area contributed by atoms with Gasteiger partial charge in [-0.05, 0) is 42.5 Å². The van der Waals surface area contributed by atoms with Crippen LogP contribution >= 0.6 is 7.80 Å². The lowest BCUT2D eigenvalue weighted by Gasteiger charge is -2.13. The van der Waals surface area contributed by atoms with Crippen molar-refractivity contribution in [3.63, 3.8) is 0 Å². The van der Waals surface area contributed by atoms with Crippen molar-refractivity contribution in [2.45, 2.75) is 4.90 Å². The van der Waals surface area contributed by atoms with Crippen molar-refractivity contribution in [3.05, 3.63) is 72.6 Å². The average Bonchev–Trinajstić information content (AvgIpc) is 2.77. The molecule has 0 saturated carbocycles. The highest BCUT2D eigenvalue weighted by molar-refractivity contribution is 7.90. The number of hydrogen-bond acceptors (Lipinski definition) is 9.